The minimum absolute atomic E-state index is 0.0268. The van der Waals surface area contributed by atoms with Crippen LogP contribution in [0, 0.1) is 13.8 Å². The number of amides is 4. The van der Waals surface area contributed by atoms with E-state index in [-0.39, 0.29) is 22.3 Å². The Morgan fingerprint density at radius 3 is 0.974 bits per heavy atom. The number of primary amides is 4. The molecule has 0 aromatic heterocycles. The Morgan fingerprint density at radius 1 is 0.605 bits per heavy atom. The molecule has 0 saturated carbocycles. The van der Waals surface area contributed by atoms with Crippen LogP contribution < -0.4 is 22.9 Å². The van der Waals surface area contributed by atoms with Crippen molar-refractivity contribution < 1.29 is 47.9 Å². The van der Waals surface area contributed by atoms with Crippen molar-refractivity contribution in [2.24, 2.45) is 22.9 Å². The van der Waals surface area contributed by atoms with Crippen LogP contribution in [0.2, 0.25) is 0 Å². The van der Waals surface area contributed by atoms with Gasteiger partial charge in [0.15, 0.2) is 0 Å². The molecule has 0 aliphatic carbocycles. The maximum atomic E-state index is 12.9. The van der Waals surface area contributed by atoms with Crippen LogP contribution in [-0.4, -0.2) is 43.2 Å². The second kappa shape index (κ2) is 12.5. The molecule has 1 aromatic rings. The summed E-state index contributed by atoms with van der Waals surface area (Å²) in [7, 11) is -10.2. The summed E-state index contributed by atoms with van der Waals surface area (Å²) in [5.41, 5.74) is 21.4. The first-order chi connectivity index (χ1) is 17.2. The van der Waals surface area contributed by atoms with E-state index >= 15 is 0 Å². The van der Waals surface area contributed by atoms with Crippen LogP contribution in [0.4, 0.5) is 0 Å². The number of nitrogens with two attached hydrogens (primary N) is 4. The number of benzene rings is 1. The maximum Gasteiger partial charge on any atom is 0.336 e. The molecule has 38 heavy (non-hydrogen) atoms. The smallest absolute Gasteiger partial charge is 0.336 e. The highest BCUT2D eigenvalue weighted by Gasteiger charge is 2.52. The van der Waals surface area contributed by atoms with Crippen LogP contribution in [-0.2, 0) is 38.6 Å². The summed E-state index contributed by atoms with van der Waals surface area (Å²) < 4.78 is 25.8. The van der Waals surface area contributed by atoms with Crippen molar-refractivity contribution in [3.05, 3.63) is 34.4 Å². The van der Waals surface area contributed by atoms with Crippen LogP contribution in [0.3, 0.4) is 0 Å². The van der Waals surface area contributed by atoms with Gasteiger partial charge in [-0.3, -0.25) is 28.3 Å². The fourth-order valence-electron chi connectivity index (χ4n) is 4.82. The van der Waals surface area contributed by atoms with Crippen LogP contribution >= 0.6 is 15.2 Å². The summed E-state index contributed by atoms with van der Waals surface area (Å²) in [4.78, 5) is 88.0. The lowest BCUT2D eigenvalue weighted by atomic mass is 9.80. The van der Waals surface area contributed by atoms with Gasteiger partial charge in [-0.05, 0) is 61.8 Å². The second-order valence-corrected chi connectivity index (χ2v) is 13.4. The molecule has 16 heteroatoms. The van der Waals surface area contributed by atoms with Crippen molar-refractivity contribution in [3.8, 4) is 0 Å². The van der Waals surface area contributed by atoms with Crippen molar-refractivity contribution in [2.45, 2.75) is 75.5 Å². The Bertz CT molecular complexity index is 1060. The highest BCUT2D eigenvalue weighted by molar-refractivity contribution is 7.53. The Morgan fingerprint density at radius 2 is 0.816 bits per heavy atom. The summed E-state index contributed by atoms with van der Waals surface area (Å²) in [5.74, 6) is -3.37. The Kier molecular flexibility index (Phi) is 11.0. The fraction of sp³-hybridized carbons (Fsp3) is 0.545. The zero-order valence-corrected chi connectivity index (χ0v) is 23.0. The van der Waals surface area contributed by atoms with E-state index in [0.717, 1.165) is 0 Å². The van der Waals surface area contributed by atoms with E-state index in [4.69, 9.17) is 22.9 Å². The maximum absolute atomic E-state index is 12.9. The molecule has 12 N–H and O–H groups in total. The number of carbonyl (C=O) groups excluding carboxylic acids is 4. The lowest BCUT2D eigenvalue weighted by Crippen LogP contribution is -2.33. The third kappa shape index (κ3) is 7.72. The SMILES string of the molecule is Cc1cc(C(CCC(N)=O)(CCC(N)=O)P(=O)(O)O)c(C)cc1C(CCC(N)=O)(CCC(N)=O)P(=O)(O)O. The Balaban J connectivity index is 4.04. The number of rotatable bonds is 16. The molecule has 0 aliphatic rings. The first-order valence-electron chi connectivity index (χ1n) is 11.6. The summed E-state index contributed by atoms with van der Waals surface area (Å²) >= 11 is 0. The van der Waals surface area contributed by atoms with Crippen LogP contribution in [0.15, 0.2) is 12.1 Å². The third-order valence-corrected chi connectivity index (χ3v) is 10.4. The molecule has 0 aliphatic heterocycles. The van der Waals surface area contributed by atoms with E-state index < -0.39 is 100 Å². The molecule has 0 spiro atoms. The van der Waals surface area contributed by atoms with Crippen molar-refractivity contribution in [3.63, 3.8) is 0 Å². The molecule has 0 fully saturated rings. The largest absolute Gasteiger partial charge is 0.370 e. The summed E-state index contributed by atoms with van der Waals surface area (Å²) in [6, 6.07) is 2.62. The minimum Gasteiger partial charge on any atom is -0.370 e. The standard InChI is InChI=1S/C22H36N4O10P2/c1-13-11-16(22(38(34,35)36,9-5-19(25)29)10-6-20(26)30)14(2)12-15(13)21(37(31,32)33,7-3-17(23)27)8-4-18(24)28/h11-12H,3-10H2,1-2H3,(H2,23,27)(H2,24,28)(H2,25,29)(H2,26,30)(H2,31,32,33)(H2,34,35,36). The molecular weight excluding hydrogens is 542 g/mol. The van der Waals surface area contributed by atoms with Gasteiger partial charge in [-0.1, -0.05) is 12.1 Å². The molecule has 0 bridgehead atoms. The lowest BCUT2D eigenvalue weighted by Gasteiger charge is -2.39. The molecule has 0 unspecified atom stereocenters. The normalized spacial score (nSPS) is 12.8. The quantitative estimate of drug-likeness (QED) is 0.122. The number of aryl methyl sites for hydroxylation is 2. The van der Waals surface area contributed by atoms with E-state index in [1.54, 1.807) is 0 Å². The first kappa shape index (κ1) is 33.4. The van der Waals surface area contributed by atoms with Gasteiger partial charge in [0.25, 0.3) is 0 Å². The number of hydrogen-bond acceptors (Lipinski definition) is 6. The predicted octanol–water partition coefficient (Wildman–Crippen LogP) is 0.111. The predicted molar refractivity (Wildman–Crippen MR) is 137 cm³/mol. The molecule has 214 valence electrons. The lowest BCUT2D eigenvalue weighted by molar-refractivity contribution is -0.119. The van der Waals surface area contributed by atoms with E-state index in [0.29, 0.717) is 0 Å². The zero-order chi connectivity index (χ0) is 29.7. The molecule has 0 atom stereocenters. The van der Waals surface area contributed by atoms with E-state index in [1.807, 2.05) is 0 Å². The fourth-order valence-corrected chi connectivity index (χ4v) is 7.55. The molecule has 1 rings (SSSR count). The topological polar surface area (TPSA) is 287 Å². The van der Waals surface area contributed by atoms with Gasteiger partial charge < -0.3 is 42.5 Å². The molecular formula is C22H36N4O10P2. The molecule has 4 amide bonds. The van der Waals surface area contributed by atoms with Gasteiger partial charge in [-0.15, -0.1) is 0 Å². The van der Waals surface area contributed by atoms with Crippen molar-refractivity contribution in [1.29, 1.82) is 0 Å². The van der Waals surface area contributed by atoms with Crippen LogP contribution in [0.1, 0.15) is 73.6 Å². The number of carbonyl (C=O) groups is 4. The first-order valence-corrected chi connectivity index (χ1v) is 14.8. The average molecular weight is 578 g/mol. The molecule has 0 radical (unpaired) electrons. The van der Waals surface area contributed by atoms with Gasteiger partial charge in [0.1, 0.15) is 0 Å². The second-order valence-electron chi connectivity index (χ2n) is 9.50. The molecule has 0 heterocycles. The highest BCUT2D eigenvalue weighted by Crippen LogP contribution is 2.65. The van der Waals surface area contributed by atoms with E-state index in [1.165, 1.54) is 26.0 Å². The average Bonchev–Trinajstić information content (AvgIpc) is 2.73. The molecule has 1 aromatic carbocycles. The van der Waals surface area contributed by atoms with Crippen molar-refractivity contribution in [1.82, 2.24) is 0 Å². The van der Waals surface area contributed by atoms with Gasteiger partial charge in [0, 0.05) is 25.7 Å². The van der Waals surface area contributed by atoms with Gasteiger partial charge in [-0.25, -0.2) is 0 Å². The molecule has 0 saturated heterocycles. The van der Waals surface area contributed by atoms with Gasteiger partial charge in [0.2, 0.25) is 23.6 Å². The van der Waals surface area contributed by atoms with Gasteiger partial charge in [0.05, 0.1) is 10.3 Å². The number of hydrogen-bond donors (Lipinski definition) is 8. The van der Waals surface area contributed by atoms with Crippen molar-refractivity contribution in [2.75, 3.05) is 0 Å². The van der Waals surface area contributed by atoms with E-state index in [9.17, 15) is 47.9 Å². The van der Waals surface area contributed by atoms with Crippen LogP contribution in [0.25, 0.3) is 0 Å². The monoisotopic (exact) mass is 578 g/mol. The highest BCUT2D eigenvalue weighted by atomic mass is 31.2. The Labute approximate surface area is 219 Å². The zero-order valence-electron chi connectivity index (χ0n) is 21.3. The third-order valence-electron chi connectivity index (χ3n) is 6.83. The summed E-state index contributed by atoms with van der Waals surface area (Å²) in [5, 5.41) is -4.15. The van der Waals surface area contributed by atoms with Gasteiger partial charge >= 0.3 is 15.2 Å². The van der Waals surface area contributed by atoms with Crippen molar-refractivity contribution >= 4 is 38.8 Å². The van der Waals surface area contributed by atoms with E-state index in [2.05, 4.69) is 0 Å². The summed E-state index contributed by atoms with van der Waals surface area (Å²) in [6.07, 6.45) is -3.50. The molecule has 14 nitrogen and oxygen atoms in total. The Hall–Kier alpha value is -2.60. The minimum atomic E-state index is -5.12. The summed E-state index contributed by atoms with van der Waals surface area (Å²) in [6.45, 7) is 2.87. The van der Waals surface area contributed by atoms with Gasteiger partial charge in [-0.2, -0.15) is 0 Å². The van der Waals surface area contributed by atoms with Crippen LogP contribution in [0.5, 0.6) is 0 Å².